The van der Waals surface area contributed by atoms with Crippen molar-refractivity contribution in [3.63, 3.8) is 0 Å². The Bertz CT molecular complexity index is 489. The molecule has 16 heavy (non-hydrogen) atoms. The molecule has 0 fully saturated rings. The predicted octanol–water partition coefficient (Wildman–Crippen LogP) is 3.12. The molecule has 2 nitrogen and oxygen atoms in total. The van der Waals surface area contributed by atoms with E-state index in [0.29, 0.717) is 12.6 Å². The van der Waals surface area contributed by atoms with Gasteiger partial charge in [0.15, 0.2) is 0 Å². The zero-order chi connectivity index (χ0) is 11.5. The summed E-state index contributed by atoms with van der Waals surface area (Å²) < 4.78 is 0. The van der Waals surface area contributed by atoms with Crippen molar-refractivity contribution in [2.45, 2.75) is 26.4 Å². The lowest BCUT2D eigenvalue weighted by atomic mass is 10.0. The number of nitrogens with two attached hydrogens (primary N) is 1. The molecule has 0 aliphatic carbocycles. The van der Waals surface area contributed by atoms with Gasteiger partial charge >= 0.3 is 0 Å². The number of benzene rings is 2. The fraction of sp³-hybridized carbons (Fsp3) is 0.286. The molecule has 0 radical (unpaired) electrons. The first-order valence-corrected chi connectivity index (χ1v) is 5.69. The van der Waals surface area contributed by atoms with Gasteiger partial charge in [0.2, 0.25) is 0 Å². The highest BCUT2D eigenvalue weighted by atomic mass is 14.9. The molecule has 0 aliphatic heterocycles. The lowest BCUT2D eigenvalue weighted by Gasteiger charge is -2.14. The normalized spacial score (nSPS) is 11.0. The summed E-state index contributed by atoms with van der Waals surface area (Å²) in [4.78, 5) is 0. The predicted molar refractivity (Wildman–Crippen MR) is 70.6 cm³/mol. The van der Waals surface area contributed by atoms with Crippen molar-refractivity contribution in [3.8, 4) is 0 Å². The van der Waals surface area contributed by atoms with Crippen LogP contribution in [-0.2, 0) is 6.54 Å². The second-order valence-electron chi connectivity index (χ2n) is 4.32. The van der Waals surface area contributed by atoms with Crippen molar-refractivity contribution < 1.29 is 0 Å². The van der Waals surface area contributed by atoms with E-state index in [1.165, 1.54) is 22.0 Å². The number of fused-ring (bicyclic) bond motifs is 1. The Kier molecular flexibility index (Phi) is 3.11. The van der Waals surface area contributed by atoms with Crippen LogP contribution >= 0.6 is 0 Å². The molecule has 0 aromatic heterocycles. The van der Waals surface area contributed by atoms with Crippen LogP contribution in [0.1, 0.15) is 19.4 Å². The van der Waals surface area contributed by atoms with Crippen LogP contribution in [-0.4, -0.2) is 6.04 Å². The summed E-state index contributed by atoms with van der Waals surface area (Å²) in [5, 5.41) is 5.95. The quantitative estimate of drug-likeness (QED) is 0.823. The van der Waals surface area contributed by atoms with Crippen LogP contribution in [0.25, 0.3) is 10.8 Å². The summed E-state index contributed by atoms with van der Waals surface area (Å²) in [6, 6.07) is 13.0. The van der Waals surface area contributed by atoms with E-state index < -0.39 is 0 Å². The SMILES string of the molecule is CC(C)Nc1ccc(CN)c2ccccc12. The number of hydrogen-bond donors (Lipinski definition) is 2. The van der Waals surface area contributed by atoms with Gasteiger partial charge in [0.25, 0.3) is 0 Å². The van der Waals surface area contributed by atoms with Gasteiger partial charge in [-0.2, -0.15) is 0 Å². The Hall–Kier alpha value is -1.54. The van der Waals surface area contributed by atoms with E-state index in [0.717, 1.165) is 0 Å². The first-order chi connectivity index (χ1) is 7.72. The molecule has 0 saturated heterocycles. The van der Waals surface area contributed by atoms with Gasteiger partial charge in [-0.1, -0.05) is 30.3 Å². The van der Waals surface area contributed by atoms with Crippen LogP contribution in [0.4, 0.5) is 5.69 Å². The minimum absolute atomic E-state index is 0.437. The average Bonchev–Trinajstić information content (AvgIpc) is 2.29. The molecule has 2 heteroatoms. The van der Waals surface area contributed by atoms with Gasteiger partial charge in [-0.25, -0.2) is 0 Å². The molecule has 84 valence electrons. The molecule has 0 bridgehead atoms. The minimum atomic E-state index is 0.437. The standard InChI is InChI=1S/C14H18N2/c1-10(2)16-14-8-7-11(9-15)12-5-3-4-6-13(12)14/h3-8,10,16H,9,15H2,1-2H3. The third-order valence-electron chi connectivity index (χ3n) is 2.68. The number of nitrogens with one attached hydrogen (secondary N) is 1. The maximum Gasteiger partial charge on any atom is 0.0422 e. The summed E-state index contributed by atoms with van der Waals surface area (Å²) in [6.45, 7) is 4.87. The lowest BCUT2D eigenvalue weighted by molar-refractivity contribution is 0.901. The van der Waals surface area contributed by atoms with E-state index in [-0.39, 0.29) is 0 Å². The van der Waals surface area contributed by atoms with Crippen molar-refractivity contribution in [2.24, 2.45) is 5.73 Å². The summed E-state index contributed by atoms with van der Waals surface area (Å²) in [5.41, 5.74) is 8.13. The van der Waals surface area contributed by atoms with Gasteiger partial charge in [-0.05, 0) is 30.9 Å². The monoisotopic (exact) mass is 214 g/mol. The Morgan fingerprint density at radius 1 is 1.06 bits per heavy atom. The molecule has 3 N–H and O–H groups in total. The van der Waals surface area contributed by atoms with E-state index in [1.54, 1.807) is 0 Å². The highest BCUT2D eigenvalue weighted by Crippen LogP contribution is 2.26. The fourth-order valence-electron chi connectivity index (χ4n) is 1.98. The molecule has 0 amide bonds. The molecule has 0 unspecified atom stereocenters. The van der Waals surface area contributed by atoms with Crippen LogP contribution < -0.4 is 11.1 Å². The zero-order valence-electron chi connectivity index (χ0n) is 9.83. The number of anilines is 1. The van der Waals surface area contributed by atoms with Gasteiger partial charge < -0.3 is 11.1 Å². The number of rotatable bonds is 3. The third kappa shape index (κ3) is 2.02. The molecule has 0 saturated carbocycles. The van der Waals surface area contributed by atoms with E-state index in [1.807, 2.05) is 0 Å². The van der Waals surface area contributed by atoms with Crippen molar-refractivity contribution in [2.75, 3.05) is 5.32 Å². The molecule has 0 heterocycles. The van der Waals surface area contributed by atoms with Crippen molar-refractivity contribution >= 4 is 16.5 Å². The van der Waals surface area contributed by atoms with E-state index in [4.69, 9.17) is 5.73 Å². The van der Waals surface area contributed by atoms with Crippen molar-refractivity contribution in [1.82, 2.24) is 0 Å². The average molecular weight is 214 g/mol. The topological polar surface area (TPSA) is 38.0 Å². The van der Waals surface area contributed by atoms with Crippen LogP contribution in [0, 0.1) is 0 Å². The summed E-state index contributed by atoms with van der Waals surface area (Å²) in [7, 11) is 0. The number of hydrogen-bond acceptors (Lipinski definition) is 2. The zero-order valence-corrected chi connectivity index (χ0v) is 9.83. The maximum atomic E-state index is 5.75. The van der Waals surface area contributed by atoms with Crippen molar-refractivity contribution in [1.29, 1.82) is 0 Å². The molecule has 0 aliphatic rings. The maximum absolute atomic E-state index is 5.75. The lowest BCUT2D eigenvalue weighted by Crippen LogP contribution is -2.10. The second-order valence-corrected chi connectivity index (χ2v) is 4.32. The van der Waals surface area contributed by atoms with Crippen LogP contribution in [0.15, 0.2) is 36.4 Å². The highest BCUT2D eigenvalue weighted by Gasteiger charge is 2.04. The van der Waals surface area contributed by atoms with Crippen LogP contribution in [0.2, 0.25) is 0 Å². The largest absolute Gasteiger partial charge is 0.382 e. The first kappa shape index (κ1) is 11.0. The van der Waals surface area contributed by atoms with Gasteiger partial charge in [-0.3, -0.25) is 0 Å². The Labute approximate surface area is 96.5 Å². The van der Waals surface area contributed by atoms with Gasteiger partial charge in [0.05, 0.1) is 0 Å². The summed E-state index contributed by atoms with van der Waals surface area (Å²) in [5.74, 6) is 0. The van der Waals surface area contributed by atoms with E-state index >= 15 is 0 Å². The molecule has 2 rings (SSSR count). The Morgan fingerprint density at radius 3 is 2.38 bits per heavy atom. The second kappa shape index (κ2) is 4.54. The van der Waals surface area contributed by atoms with Gasteiger partial charge in [-0.15, -0.1) is 0 Å². The molecule has 0 atom stereocenters. The van der Waals surface area contributed by atoms with Crippen LogP contribution in [0.3, 0.4) is 0 Å². The van der Waals surface area contributed by atoms with E-state index in [9.17, 15) is 0 Å². The van der Waals surface area contributed by atoms with E-state index in [2.05, 4.69) is 55.6 Å². The Balaban J connectivity index is 2.60. The highest BCUT2D eigenvalue weighted by molar-refractivity contribution is 5.96. The third-order valence-corrected chi connectivity index (χ3v) is 2.68. The minimum Gasteiger partial charge on any atom is -0.382 e. The van der Waals surface area contributed by atoms with Gasteiger partial charge in [0, 0.05) is 23.7 Å². The summed E-state index contributed by atoms with van der Waals surface area (Å²) >= 11 is 0. The molecule has 2 aromatic carbocycles. The molecular formula is C14H18N2. The van der Waals surface area contributed by atoms with Crippen molar-refractivity contribution in [3.05, 3.63) is 42.0 Å². The summed E-state index contributed by atoms with van der Waals surface area (Å²) in [6.07, 6.45) is 0. The molecular weight excluding hydrogens is 196 g/mol. The molecule has 0 spiro atoms. The van der Waals surface area contributed by atoms with Crippen LogP contribution in [0.5, 0.6) is 0 Å². The fourth-order valence-corrected chi connectivity index (χ4v) is 1.98. The molecule has 2 aromatic rings. The van der Waals surface area contributed by atoms with Gasteiger partial charge in [0.1, 0.15) is 0 Å². The smallest absolute Gasteiger partial charge is 0.0422 e. The Morgan fingerprint density at radius 2 is 1.75 bits per heavy atom. The first-order valence-electron chi connectivity index (χ1n) is 5.69.